The number of fused-ring (bicyclic) bond motifs is 3. The first-order valence-electron chi connectivity index (χ1n) is 11.0. The van der Waals surface area contributed by atoms with Crippen LogP contribution >= 0.6 is 11.8 Å². The van der Waals surface area contributed by atoms with Gasteiger partial charge in [-0.25, -0.2) is 0 Å². The van der Waals surface area contributed by atoms with E-state index in [0.717, 1.165) is 40.3 Å². The van der Waals surface area contributed by atoms with Gasteiger partial charge in [0.1, 0.15) is 5.56 Å². The highest BCUT2D eigenvalue weighted by molar-refractivity contribution is 7.99. The fourth-order valence-electron chi connectivity index (χ4n) is 4.44. The molecule has 2 aromatic heterocycles. The summed E-state index contributed by atoms with van der Waals surface area (Å²) < 4.78 is 1.52. The Hall–Kier alpha value is -3.36. The second-order valence-electron chi connectivity index (χ2n) is 7.96. The largest absolute Gasteiger partial charge is 0.493 e. The topological polar surface area (TPSA) is 100 Å². The Kier molecular flexibility index (Phi) is 5.78. The molecule has 0 amide bonds. The number of nitrogens with zero attached hydrogens (tertiary/aromatic N) is 2. The first-order chi connectivity index (χ1) is 16.1. The zero-order valence-corrected chi connectivity index (χ0v) is 19.0. The van der Waals surface area contributed by atoms with Gasteiger partial charge < -0.3 is 15.4 Å². The first-order valence-corrected chi connectivity index (χ1v) is 11.9. The maximum atomic E-state index is 13.5. The molecule has 3 heterocycles. The van der Waals surface area contributed by atoms with Crippen molar-refractivity contribution >= 4 is 28.4 Å². The molecule has 0 saturated heterocycles. The first kappa shape index (κ1) is 21.5. The summed E-state index contributed by atoms with van der Waals surface area (Å²) in [4.78, 5) is 33.8. The molecular weight excluding hydrogens is 436 g/mol. The summed E-state index contributed by atoms with van der Waals surface area (Å²) in [5.74, 6) is -0.232. The van der Waals surface area contributed by atoms with Gasteiger partial charge in [0.15, 0.2) is 10.9 Å². The van der Waals surface area contributed by atoms with E-state index in [4.69, 9.17) is 0 Å². The van der Waals surface area contributed by atoms with E-state index in [9.17, 15) is 14.7 Å². The van der Waals surface area contributed by atoms with Gasteiger partial charge in [0.2, 0.25) is 5.88 Å². The van der Waals surface area contributed by atoms with E-state index in [1.54, 1.807) is 12.1 Å². The Bertz CT molecular complexity index is 1390. The summed E-state index contributed by atoms with van der Waals surface area (Å²) in [7, 11) is 0. The Balaban J connectivity index is 1.51. The van der Waals surface area contributed by atoms with Gasteiger partial charge in [0.05, 0.1) is 11.8 Å². The number of Topliss-reactive ketones (excluding diaryl/α,β-unsaturated/α-hetero) is 1. The van der Waals surface area contributed by atoms with Crippen LogP contribution in [0.2, 0.25) is 0 Å². The SMILES string of the molecule is CCn1c(SCC(=O)c2ccccc2)nc(O)c(C2NCCc3c2[nH]c2ccccc32)c1=O. The zero-order valence-electron chi connectivity index (χ0n) is 18.2. The molecule has 0 saturated carbocycles. The number of carbonyl (C=O) groups is 1. The summed E-state index contributed by atoms with van der Waals surface area (Å²) in [6.45, 7) is 2.93. The number of carbonyl (C=O) groups excluding carboxylic acids is 1. The molecule has 8 heteroatoms. The Morgan fingerprint density at radius 2 is 1.94 bits per heavy atom. The van der Waals surface area contributed by atoms with Crippen molar-refractivity contribution in [3.05, 3.63) is 87.3 Å². The van der Waals surface area contributed by atoms with E-state index in [0.29, 0.717) is 23.8 Å². The molecular formula is C25H24N4O3S. The molecule has 2 aromatic carbocycles. The molecule has 168 valence electrons. The van der Waals surface area contributed by atoms with Gasteiger partial charge in [-0.05, 0) is 25.0 Å². The van der Waals surface area contributed by atoms with Crippen LogP contribution in [0.4, 0.5) is 0 Å². The number of ketones is 1. The van der Waals surface area contributed by atoms with Gasteiger partial charge in [0, 0.05) is 35.2 Å². The van der Waals surface area contributed by atoms with Crippen molar-refractivity contribution in [2.75, 3.05) is 12.3 Å². The number of aromatic amines is 1. The summed E-state index contributed by atoms with van der Waals surface area (Å²) in [6.07, 6.45) is 0.835. The Morgan fingerprint density at radius 1 is 1.18 bits per heavy atom. The van der Waals surface area contributed by atoms with Crippen LogP contribution in [0.25, 0.3) is 10.9 Å². The van der Waals surface area contributed by atoms with E-state index >= 15 is 0 Å². The quantitative estimate of drug-likeness (QED) is 0.231. The number of thioether (sulfide) groups is 1. The minimum absolute atomic E-state index is 0.0577. The zero-order chi connectivity index (χ0) is 22.9. The van der Waals surface area contributed by atoms with Crippen LogP contribution in [0.5, 0.6) is 5.88 Å². The van der Waals surface area contributed by atoms with Gasteiger partial charge in [-0.15, -0.1) is 0 Å². The number of nitrogens with one attached hydrogen (secondary N) is 2. The van der Waals surface area contributed by atoms with Crippen LogP contribution in [-0.2, 0) is 13.0 Å². The van der Waals surface area contributed by atoms with Crippen LogP contribution in [0.15, 0.2) is 64.5 Å². The molecule has 1 unspecified atom stereocenters. The fourth-order valence-corrected chi connectivity index (χ4v) is 5.39. The monoisotopic (exact) mass is 460 g/mol. The van der Waals surface area contributed by atoms with Crippen LogP contribution in [0.3, 0.4) is 0 Å². The fraction of sp³-hybridized carbons (Fsp3) is 0.240. The highest BCUT2D eigenvalue weighted by Gasteiger charge is 2.31. The summed E-state index contributed by atoms with van der Waals surface area (Å²) in [6, 6.07) is 16.6. The molecule has 33 heavy (non-hydrogen) atoms. The van der Waals surface area contributed by atoms with Crippen molar-refractivity contribution < 1.29 is 9.90 Å². The van der Waals surface area contributed by atoms with Crippen molar-refractivity contribution in [3.8, 4) is 5.88 Å². The van der Waals surface area contributed by atoms with E-state index in [-0.39, 0.29) is 28.5 Å². The molecule has 0 aliphatic carbocycles. The standard InChI is InChI=1S/C25H24N4O3S/c1-2-29-24(32)20(22-21-17(12-13-26-22)16-10-6-7-11-18(16)27-21)23(31)28-25(29)33-14-19(30)15-8-4-3-5-9-15/h3-11,22,26-27,31H,2,12-14H2,1H3. The van der Waals surface area contributed by atoms with Crippen LogP contribution in [0, 0.1) is 0 Å². The highest BCUT2D eigenvalue weighted by atomic mass is 32.2. The number of hydrogen-bond acceptors (Lipinski definition) is 6. The summed E-state index contributed by atoms with van der Waals surface area (Å²) in [5.41, 5.74) is 3.58. The van der Waals surface area contributed by atoms with E-state index in [1.165, 1.54) is 4.57 Å². The average molecular weight is 461 g/mol. The predicted molar refractivity (Wildman–Crippen MR) is 129 cm³/mol. The van der Waals surface area contributed by atoms with E-state index in [2.05, 4.69) is 21.4 Å². The number of benzene rings is 2. The minimum Gasteiger partial charge on any atom is -0.493 e. The molecule has 5 rings (SSSR count). The molecule has 1 aliphatic rings. The third-order valence-electron chi connectivity index (χ3n) is 6.04. The third kappa shape index (κ3) is 3.85. The molecule has 4 aromatic rings. The lowest BCUT2D eigenvalue weighted by molar-refractivity contribution is 0.102. The molecule has 0 spiro atoms. The number of H-pyrrole nitrogens is 1. The normalized spacial score (nSPS) is 15.5. The molecule has 3 N–H and O–H groups in total. The maximum absolute atomic E-state index is 13.5. The average Bonchev–Trinajstić information content (AvgIpc) is 3.22. The van der Waals surface area contributed by atoms with Crippen LogP contribution in [0.1, 0.15) is 40.1 Å². The van der Waals surface area contributed by atoms with E-state index < -0.39 is 6.04 Å². The number of aromatic nitrogens is 3. The van der Waals surface area contributed by atoms with Crippen molar-refractivity contribution in [1.82, 2.24) is 19.9 Å². The van der Waals surface area contributed by atoms with Crippen molar-refractivity contribution in [3.63, 3.8) is 0 Å². The lowest BCUT2D eigenvalue weighted by atomic mass is 9.95. The van der Waals surface area contributed by atoms with Crippen molar-refractivity contribution in [2.45, 2.75) is 31.1 Å². The molecule has 0 fully saturated rings. The van der Waals surface area contributed by atoms with Gasteiger partial charge in [0.25, 0.3) is 5.56 Å². The lowest BCUT2D eigenvalue weighted by Crippen LogP contribution is -2.37. The maximum Gasteiger partial charge on any atom is 0.263 e. The highest BCUT2D eigenvalue weighted by Crippen LogP contribution is 2.35. The second-order valence-corrected chi connectivity index (χ2v) is 8.90. The molecule has 7 nitrogen and oxygen atoms in total. The summed E-state index contributed by atoms with van der Waals surface area (Å²) in [5, 5.41) is 15.7. The van der Waals surface area contributed by atoms with Crippen molar-refractivity contribution in [2.24, 2.45) is 0 Å². The second kappa shape index (κ2) is 8.88. The smallest absolute Gasteiger partial charge is 0.263 e. The molecule has 0 bridgehead atoms. The molecule has 1 atom stereocenters. The number of rotatable bonds is 6. The Morgan fingerprint density at radius 3 is 2.73 bits per heavy atom. The Labute approximate surface area is 194 Å². The van der Waals surface area contributed by atoms with Crippen LogP contribution < -0.4 is 10.9 Å². The number of hydrogen-bond donors (Lipinski definition) is 3. The van der Waals surface area contributed by atoms with E-state index in [1.807, 2.05) is 43.3 Å². The predicted octanol–water partition coefficient (Wildman–Crippen LogP) is 3.66. The molecule has 0 radical (unpaired) electrons. The number of para-hydroxylation sites is 1. The summed E-state index contributed by atoms with van der Waals surface area (Å²) >= 11 is 1.16. The van der Waals surface area contributed by atoms with Gasteiger partial charge in [-0.2, -0.15) is 4.98 Å². The van der Waals surface area contributed by atoms with Crippen LogP contribution in [-0.4, -0.2) is 37.7 Å². The van der Waals surface area contributed by atoms with Gasteiger partial charge >= 0.3 is 0 Å². The lowest BCUT2D eigenvalue weighted by Gasteiger charge is -2.25. The van der Waals surface area contributed by atoms with Gasteiger partial charge in [-0.1, -0.05) is 60.3 Å². The molecule has 1 aliphatic heterocycles. The number of aromatic hydroxyl groups is 1. The van der Waals surface area contributed by atoms with Crippen molar-refractivity contribution in [1.29, 1.82) is 0 Å². The minimum atomic E-state index is -0.482. The third-order valence-corrected chi connectivity index (χ3v) is 7.02. The van der Waals surface area contributed by atoms with Gasteiger partial charge in [-0.3, -0.25) is 14.2 Å².